The lowest BCUT2D eigenvalue weighted by molar-refractivity contribution is -0.103. The molecule has 0 aromatic heterocycles. The summed E-state index contributed by atoms with van der Waals surface area (Å²) in [7, 11) is 1.71. The number of aryl methyl sites for hydroxylation is 1. The van der Waals surface area contributed by atoms with Crippen LogP contribution in [0.25, 0.3) is 0 Å². The SMILES string of the molecule is CCC1(CC)O[C@H](c2ccc(C)c(OC)c2)Nc2ccccc21. The van der Waals surface area contributed by atoms with Crippen molar-refractivity contribution < 1.29 is 9.47 Å². The second-order valence-electron chi connectivity index (χ2n) is 6.12. The third kappa shape index (κ3) is 2.70. The Morgan fingerprint density at radius 1 is 1.13 bits per heavy atom. The second-order valence-corrected chi connectivity index (χ2v) is 6.12. The number of fused-ring (bicyclic) bond motifs is 1. The van der Waals surface area contributed by atoms with Gasteiger partial charge in [-0.2, -0.15) is 0 Å². The van der Waals surface area contributed by atoms with E-state index in [1.807, 2.05) is 0 Å². The van der Waals surface area contributed by atoms with Crippen LogP contribution in [0.3, 0.4) is 0 Å². The number of rotatable bonds is 4. The van der Waals surface area contributed by atoms with Crippen LogP contribution in [0.15, 0.2) is 42.5 Å². The smallest absolute Gasteiger partial charge is 0.155 e. The van der Waals surface area contributed by atoms with Gasteiger partial charge in [0.15, 0.2) is 6.23 Å². The van der Waals surface area contributed by atoms with Crippen LogP contribution in [0.5, 0.6) is 5.75 Å². The van der Waals surface area contributed by atoms with Crippen LogP contribution in [0.1, 0.15) is 49.6 Å². The van der Waals surface area contributed by atoms with Gasteiger partial charge in [-0.05, 0) is 37.5 Å². The summed E-state index contributed by atoms with van der Waals surface area (Å²) in [6, 6.07) is 14.7. The molecule has 0 fully saturated rings. The van der Waals surface area contributed by atoms with E-state index in [2.05, 4.69) is 68.6 Å². The largest absolute Gasteiger partial charge is 0.496 e. The molecular formula is C20H25NO2. The first-order chi connectivity index (χ1) is 11.1. The number of para-hydroxylation sites is 1. The standard InChI is InChI=1S/C20H25NO2/c1-5-20(6-2)16-9-7-8-10-17(16)21-19(23-20)15-12-11-14(3)18(13-15)22-4/h7-13,19,21H,5-6H2,1-4H3/t19-/m1/s1. The van der Waals surface area contributed by atoms with Gasteiger partial charge in [-0.1, -0.05) is 44.2 Å². The Morgan fingerprint density at radius 3 is 2.57 bits per heavy atom. The lowest BCUT2D eigenvalue weighted by Gasteiger charge is -2.43. The van der Waals surface area contributed by atoms with E-state index in [1.54, 1.807) is 7.11 Å². The van der Waals surface area contributed by atoms with Crippen LogP contribution in [-0.4, -0.2) is 7.11 Å². The molecule has 0 spiro atoms. The van der Waals surface area contributed by atoms with Crippen molar-refractivity contribution >= 4 is 5.69 Å². The molecule has 0 bridgehead atoms. The summed E-state index contributed by atoms with van der Waals surface area (Å²) in [5.41, 5.74) is 4.38. The number of methoxy groups -OCH3 is 1. The molecule has 1 N–H and O–H groups in total. The predicted molar refractivity (Wildman–Crippen MR) is 93.9 cm³/mol. The molecule has 3 heteroatoms. The van der Waals surface area contributed by atoms with Crippen molar-refractivity contribution in [3.8, 4) is 5.75 Å². The van der Waals surface area contributed by atoms with Crippen molar-refractivity contribution in [2.24, 2.45) is 0 Å². The van der Waals surface area contributed by atoms with Crippen molar-refractivity contribution in [2.45, 2.75) is 45.4 Å². The molecule has 0 saturated heterocycles. The minimum Gasteiger partial charge on any atom is -0.496 e. The van der Waals surface area contributed by atoms with Gasteiger partial charge in [0.2, 0.25) is 0 Å². The topological polar surface area (TPSA) is 30.5 Å². The number of nitrogens with one attached hydrogen (secondary N) is 1. The summed E-state index contributed by atoms with van der Waals surface area (Å²) in [6.07, 6.45) is 1.72. The van der Waals surface area contributed by atoms with Gasteiger partial charge in [0.25, 0.3) is 0 Å². The summed E-state index contributed by atoms with van der Waals surface area (Å²) in [4.78, 5) is 0. The maximum atomic E-state index is 6.56. The lowest BCUT2D eigenvalue weighted by Crippen LogP contribution is -2.37. The molecular weight excluding hydrogens is 286 g/mol. The molecule has 1 heterocycles. The fraction of sp³-hybridized carbons (Fsp3) is 0.400. The fourth-order valence-electron chi connectivity index (χ4n) is 3.41. The van der Waals surface area contributed by atoms with Gasteiger partial charge in [0, 0.05) is 16.8 Å². The van der Waals surface area contributed by atoms with Crippen LogP contribution < -0.4 is 10.1 Å². The average molecular weight is 311 g/mol. The Hall–Kier alpha value is -2.00. The zero-order chi connectivity index (χ0) is 16.4. The van der Waals surface area contributed by atoms with E-state index in [-0.39, 0.29) is 11.8 Å². The molecule has 0 radical (unpaired) electrons. The van der Waals surface area contributed by atoms with E-state index in [9.17, 15) is 0 Å². The van der Waals surface area contributed by atoms with Crippen LogP contribution in [0, 0.1) is 6.92 Å². The quantitative estimate of drug-likeness (QED) is 0.846. The minimum absolute atomic E-state index is 0.167. The maximum absolute atomic E-state index is 6.56. The second kappa shape index (κ2) is 6.25. The Bertz CT molecular complexity index is 692. The average Bonchev–Trinajstić information content (AvgIpc) is 2.61. The van der Waals surface area contributed by atoms with Crippen LogP contribution in [0.4, 0.5) is 5.69 Å². The van der Waals surface area contributed by atoms with Gasteiger partial charge in [0.05, 0.1) is 12.7 Å². The molecule has 0 aliphatic carbocycles. The van der Waals surface area contributed by atoms with Gasteiger partial charge < -0.3 is 14.8 Å². The highest BCUT2D eigenvalue weighted by molar-refractivity contribution is 5.57. The minimum atomic E-state index is -0.245. The Kier molecular flexibility index (Phi) is 4.31. The predicted octanol–water partition coefficient (Wildman–Crippen LogP) is 5.16. The highest BCUT2D eigenvalue weighted by atomic mass is 16.5. The highest BCUT2D eigenvalue weighted by Gasteiger charge is 2.39. The molecule has 2 aromatic rings. The number of benzene rings is 2. The van der Waals surface area contributed by atoms with Crippen molar-refractivity contribution in [1.82, 2.24) is 0 Å². The number of hydrogen-bond donors (Lipinski definition) is 1. The van der Waals surface area contributed by atoms with E-state index >= 15 is 0 Å². The number of ether oxygens (including phenoxy) is 2. The molecule has 3 nitrogen and oxygen atoms in total. The zero-order valence-corrected chi connectivity index (χ0v) is 14.3. The summed E-state index contributed by atoms with van der Waals surface area (Å²) in [5, 5.41) is 3.53. The van der Waals surface area contributed by atoms with Crippen LogP contribution >= 0.6 is 0 Å². The summed E-state index contributed by atoms with van der Waals surface area (Å²) in [6.45, 7) is 6.44. The van der Waals surface area contributed by atoms with E-state index in [0.717, 1.165) is 35.4 Å². The first kappa shape index (κ1) is 15.9. The van der Waals surface area contributed by atoms with E-state index in [1.165, 1.54) is 5.56 Å². The molecule has 1 aliphatic heterocycles. The van der Waals surface area contributed by atoms with Crippen molar-refractivity contribution in [2.75, 3.05) is 12.4 Å². The molecule has 23 heavy (non-hydrogen) atoms. The Morgan fingerprint density at radius 2 is 1.87 bits per heavy atom. The first-order valence-electron chi connectivity index (χ1n) is 8.32. The van der Waals surface area contributed by atoms with Crippen molar-refractivity contribution in [3.05, 3.63) is 59.2 Å². The van der Waals surface area contributed by atoms with Gasteiger partial charge in [-0.3, -0.25) is 0 Å². The van der Waals surface area contributed by atoms with Gasteiger partial charge in [0.1, 0.15) is 5.75 Å². The van der Waals surface area contributed by atoms with Gasteiger partial charge in [-0.25, -0.2) is 0 Å². The van der Waals surface area contributed by atoms with Crippen molar-refractivity contribution in [1.29, 1.82) is 0 Å². The summed E-state index contributed by atoms with van der Waals surface area (Å²) < 4.78 is 12.0. The third-order valence-electron chi connectivity index (χ3n) is 4.93. The summed E-state index contributed by atoms with van der Waals surface area (Å²) in [5.74, 6) is 0.894. The van der Waals surface area contributed by atoms with E-state index in [0.29, 0.717) is 0 Å². The molecule has 3 rings (SSSR count). The van der Waals surface area contributed by atoms with Crippen LogP contribution in [0.2, 0.25) is 0 Å². The first-order valence-corrected chi connectivity index (χ1v) is 8.32. The van der Waals surface area contributed by atoms with E-state index in [4.69, 9.17) is 9.47 Å². The molecule has 0 amide bonds. The van der Waals surface area contributed by atoms with Gasteiger partial charge >= 0.3 is 0 Å². The zero-order valence-electron chi connectivity index (χ0n) is 14.3. The normalized spacial score (nSPS) is 18.9. The molecule has 0 unspecified atom stereocenters. The third-order valence-corrected chi connectivity index (χ3v) is 4.93. The monoisotopic (exact) mass is 311 g/mol. The lowest BCUT2D eigenvalue weighted by atomic mass is 9.85. The fourth-order valence-corrected chi connectivity index (χ4v) is 3.41. The number of anilines is 1. The highest BCUT2D eigenvalue weighted by Crippen LogP contribution is 2.46. The maximum Gasteiger partial charge on any atom is 0.155 e. The molecule has 1 atom stereocenters. The number of hydrogen-bond acceptors (Lipinski definition) is 3. The molecule has 1 aliphatic rings. The summed E-state index contributed by atoms with van der Waals surface area (Å²) >= 11 is 0. The molecule has 0 saturated carbocycles. The van der Waals surface area contributed by atoms with E-state index < -0.39 is 0 Å². The van der Waals surface area contributed by atoms with Gasteiger partial charge in [-0.15, -0.1) is 0 Å². The Labute approximate surface area is 138 Å². The van der Waals surface area contributed by atoms with Crippen LogP contribution in [-0.2, 0) is 10.3 Å². The molecule has 2 aromatic carbocycles. The Balaban J connectivity index is 2.04. The van der Waals surface area contributed by atoms with Crippen molar-refractivity contribution in [3.63, 3.8) is 0 Å². The molecule has 122 valence electrons.